The number of amides is 1. The normalized spacial score (nSPS) is 10.4. The third-order valence-corrected chi connectivity index (χ3v) is 3.54. The Morgan fingerprint density at radius 2 is 1.82 bits per heavy atom. The van der Waals surface area contributed by atoms with Crippen molar-refractivity contribution in [2.45, 2.75) is 6.54 Å². The second-order valence-electron chi connectivity index (χ2n) is 4.82. The molecule has 5 heteroatoms. The number of hydrogen-bond donors (Lipinski definition) is 2. The summed E-state index contributed by atoms with van der Waals surface area (Å²) in [5.74, 6) is 0.675. The van der Waals surface area contributed by atoms with Crippen LogP contribution in [0.4, 0.5) is 0 Å². The van der Waals surface area contributed by atoms with E-state index >= 15 is 0 Å². The number of nitrogens with one attached hydrogen (secondary N) is 2. The molecule has 0 atom stereocenters. The maximum Gasteiger partial charge on any atom is 0.251 e. The summed E-state index contributed by atoms with van der Waals surface area (Å²) in [5.41, 5.74) is 2.56. The van der Waals surface area contributed by atoms with Crippen molar-refractivity contribution in [1.82, 2.24) is 15.3 Å². The standard InChI is InChI=1S/C17H14ClN3O/c18-15-7-1-12(2-8-15)11-21-17(22)14-5-3-13(4-6-14)16-19-9-10-20-16/h1-10H,11H2,(H,19,20)(H,21,22). The fourth-order valence-corrected chi connectivity index (χ4v) is 2.22. The fraction of sp³-hybridized carbons (Fsp3) is 0.0588. The van der Waals surface area contributed by atoms with Gasteiger partial charge in [-0.25, -0.2) is 4.98 Å². The van der Waals surface area contributed by atoms with E-state index < -0.39 is 0 Å². The topological polar surface area (TPSA) is 57.8 Å². The molecule has 0 aliphatic carbocycles. The lowest BCUT2D eigenvalue weighted by atomic mass is 10.1. The van der Waals surface area contributed by atoms with Crippen LogP contribution in [0.15, 0.2) is 60.9 Å². The Balaban J connectivity index is 1.63. The largest absolute Gasteiger partial charge is 0.348 e. The number of H-pyrrole nitrogens is 1. The number of rotatable bonds is 4. The van der Waals surface area contributed by atoms with Crippen LogP contribution in [0.3, 0.4) is 0 Å². The molecule has 4 nitrogen and oxygen atoms in total. The summed E-state index contributed by atoms with van der Waals surface area (Å²) in [6.07, 6.45) is 3.46. The molecule has 0 bridgehead atoms. The maximum atomic E-state index is 12.1. The van der Waals surface area contributed by atoms with Crippen molar-refractivity contribution in [1.29, 1.82) is 0 Å². The minimum atomic E-state index is -0.110. The molecule has 0 aliphatic heterocycles. The SMILES string of the molecule is O=C(NCc1ccc(Cl)cc1)c1ccc(-c2ncc[nH]2)cc1. The summed E-state index contributed by atoms with van der Waals surface area (Å²) in [5, 5.41) is 3.57. The Kier molecular flexibility index (Phi) is 4.21. The molecule has 1 amide bonds. The van der Waals surface area contributed by atoms with E-state index in [1.54, 1.807) is 36.7 Å². The van der Waals surface area contributed by atoms with Crippen LogP contribution in [0, 0.1) is 0 Å². The highest BCUT2D eigenvalue weighted by Gasteiger charge is 2.06. The highest BCUT2D eigenvalue weighted by atomic mass is 35.5. The number of hydrogen-bond acceptors (Lipinski definition) is 2. The summed E-state index contributed by atoms with van der Waals surface area (Å²) in [6, 6.07) is 14.7. The molecule has 0 saturated carbocycles. The Morgan fingerprint density at radius 1 is 1.09 bits per heavy atom. The number of imidazole rings is 1. The highest BCUT2D eigenvalue weighted by molar-refractivity contribution is 6.30. The minimum Gasteiger partial charge on any atom is -0.348 e. The first-order chi connectivity index (χ1) is 10.7. The van der Waals surface area contributed by atoms with Crippen LogP contribution in [0.25, 0.3) is 11.4 Å². The molecule has 0 fully saturated rings. The van der Waals surface area contributed by atoms with E-state index in [1.807, 2.05) is 24.3 Å². The maximum absolute atomic E-state index is 12.1. The lowest BCUT2D eigenvalue weighted by Gasteiger charge is -2.06. The summed E-state index contributed by atoms with van der Waals surface area (Å²) in [6.45, 7) is 0.468. The number of benzene rings is 2. The highest BCUT2D eigenvalue weighted by Crippen LogP contribution is 2.15. The van der Waals surface area contributed by atoms with Gasteiger partial charge in [0.2, 0.25) is 0 Å². The third kappa shape index (κ3) is 3.35. The van der Waals surface area contributed by atoms with Crippen LogP contribution in [-0.4, -0.2) is 15.9 Å². The minimum absolute atomic E-state index is 0.110. The molecule has 0 aliphatic rings. The molecule has 110 valence electrons. The molecule has 22 heavy (non-hydrogen) atoms. The van der Waals surface area contributed by atoms with Crippen molar-refractivity contribution in [3.05, 3.63) is 77.1 Å². The molecule has 1 heterocycles. The lowest BCUT2D eigenvalue weighted by molar-refractivity contribution is 0.0951. The summed E-state index contributed by atoms with van der Waals surface area (Å²) in [4.78, 5) is 19.3. The van der Waals surface area contributed by atoms with Gasteiger partial charge in [-0.1, -0.05) is 35.9 Å². The average molecular weight is 312 g/mol. The van der Waals surface area contributed by atoms with Gasteiger partial charge in [0.15, 0.2) is 0 Å². The second-order valence-corrected chi connectivity index (χ2v) is 5.26. The van der Waals surface area contributed by atoms with Crippen molar-refractivity contribution in [3.8, 4) is 11.4 Å². The van der Waals surface area contributed by atoms with Gasteiger partial charge in [-0.05, 0) is 29.8 Å². The third-order valence-electron chi connectivity index (χ3n) is 3.29. The van der Waals surface area contributed by atoms with Crippen molar-refractivity contribution < 1.29 is 4.79 Å². The molecule has 3 rings (SSSR count). The molecule has 0 unspecified atom stereocenters. The van der Waals surface area contributed by atoms with Crippen molar-refractivity contribution in [2.24, 2.45) is 0 Å². The smallest absolute Gasteiger partial charge is 0.251 e. The van der Waals surface area contributed by atoms with Crippen molar-refractivity contribution in [2.75, 3.05) is 0 Å². The predicted molar refractivity (Wildman–Crippen MR) is 86.6 cm³/mol. The Labute approximate surface area is 133 Å². The van der Waals surface area contributed by atoms with E-state index in [0.29, 0.717) is 17.1 Å². The first-order valence-electron chi connectivity index (χ1n) is 6.85. The van der Waals surface area contributed by atoms with E-state index in [4.69, 9.17) is 11.6 Å². The molecule has 0 spiro atoms. The Morgan fingerprint density at radius 3 is 2.45 bits per heavy atom. The number of carbonyl (C=O) groups is 1. The van der Waals surface area contributed by atoms with Gasteiger partial charge in [0.05, 0.1) is 0 Å². The van der Waals surface area contributed by atoms with Gasteiger partial charge in [-0.15, -0.1) is 0 Å². The van der Waals surface area contributed by atoms with Crippen molar-refractivity contribution in [3.63, 3.8) is 0 Å². The van der Waals surface area contributed by atoms with Crippen LogP contribution in [0.2, 0.25) is 5.02 Å². The number of halogens is 1. The van der Waals surface area contributed by atoms with Crippen LogP contribution in [0.1, 0.15) is 15.9 Å². The summed E-state index contributed by atoms with van der Waals surface area (Å²) >= 11 is 5.83. The summed E-state index contributed by atoms with van der Waals surface area (Å²) in [7, 11) is 0. The molecule has 0 saturated heterocycles. The molecule has 0 radical (unpaired) electrons. The Hall–Kier alpha value is -2.59. The molecule has 2 N–H and O–H groups in total. The first-order valence-corrected chi connectivity index (χ1v) is 7.22. The zero-order valence-electron chi connectivity index (χ0n) is 11.7. The van der Waals surface area contributed by atoms with Gasteiger partial charge in [-0.2, -0.15) is 0 Å². The zero-order chi connectivity index (χ0) is 15.4. The quantitative estimate of drug-likeness (QED) is 0.772. The molecular formula is C17H14ClN3O. The van der Waals surface area contributed by atoms with E-state index in [-0.39, 0.29) is 5.91 Å². The number of aromatic nitrogens is 2. The zero-order valence-corrected chi connectivity index (χ0v) is 12.5. The van der Waals surface area contributed by atoms with E-state index in [0.717, 1.165) is 17.0 Å². The summed E-state index contributed by atoms with van der Waals surface area (Å²) < 4.78 is 0. The second kappa shape index (κ2) is 6.45. The van der Waals surface area contributed by atoms with Gasteiger partial charge in [0, 0.05) is 35.1 Å². The van der Waals surface area contributed by atoms with Crippen molar-refractivity contribution >= 4 is 17.5 Å². The monoisotopic (exact) mass is 311 g/mol. The molecule has 2 aromatic carbocycles. The number of nitrogens with zero attached hydrogens (tertiary/aromatic N) is 1. The average Bonchev–Trinajstić information content (AvgIpc) is 3.09. The van der Waals surface area contributed by atoms with Crippen LogP contribution in [-0.2, 0) is 6.54 Å². The van der Waals surface area contributed by atoms with Crippen LogP contribution >= 0.6 is 11.6 Å². The Bertz CT molecular complexity index is 750. The van der Waals surface area contributed by atoms with Gasteiger partial charge in [0.1, 0.15) is 5.82 Å². The predicted octanol–water partition coefficient (Wildman–Crippen LogP) is 3.66. The molecular weight excluding hydrogens is 298 g/mol. The lowest BCUT2D eigenvalue weighted by Crippen LogP contribution is -2.22. The first kappa shape index (κ1) is 14.4. The molecule has 1 aromatic heterocycles. The molecule has 3 aromatic rings. The van der Waals surface area contributed by atoms with Gasteiger partial charge in [0.25, 0.3) is 5.91 Å². The van der Waals surface area contributed by atoms with Gasteiger partial charge >= 0.3 is 0 Å². The van der Waals surface area contributed by atoms with E-state index in [9.17, 15) is 4.79 Å². The number of aromatic amines is 1. The fourth-order valence-electron chi connectivity index (χ4n) is 2.09. The van der Waals surface area contributed by atoms with Gasteiger partial charge in [-0.3, -0.25) is 4.79 Å². The number of carbonyl (C=O) groups excluding carboxylic acids is 1. The van der Waals surface area contributed by atoms with E-state index in [2.05, 4.69) is 15.3 Å². The van der Waals surface area contributed by atoms with Crippen LogP contribution in [0.5, 0.6) is 0 Å². The van der Waals surface area contributed by atoms with E-state index in [1.165, 1.54) is 0 Å². The van der Waals surface area contributed by atoms with Crippen LogP contribution < -0.4 is 5.32 Å². The van der Waals surface area contributed by atoms with Gasteiger partial charge < -0.3 is 10.3 Å².